The molecule has 7 heteroatoms. The maximum absolute atomic E-state index is 13.7. The van der Waals surface area contributed by atoms with Gasteiger partial charge in [0, 0.05) is 37.4 Å². The van der Waals surface area contributed by atoms with Crippen molar-refractivity contribution in [3.8, 4) is 0 Å². The van der Waals surface area contributed by atoms with E-state index in [0.717, 1.165) is 19.0 Å². The van der Waals surface area contributed by atoms with Crippen molar-refractivity contribution in [1.82, 2.24) is 9.21 Å². The fourth-order valence-corrected chi connectivity index (χ4v) is 3.95. The molecule has 0 aliphatic carbocycles. The van der Waals surface area contributed by atoms with Gasteiger partial charge < -0.3 is 10.6 Å². The zero-order valence-corrected chi connectivity index (χ0v) is 13.3. The van der Waals surface area contributed by atoms with Crippen LogP contribution in [0.2, 0.25) is 0 Å². The molecule has 2 rings (SSSR count). The summed E-state index contributed by atoms with van der Waals surface area (Å²) < 4.78 is 40.2. The number of benzene rings is 1. The van der Waals surface area contributed by atoms with E-state index in [-0.39, 0.29) is 16.1 Å². The summed E-state index contributed by atoms with van der Waals surface area (Å²) in [5.74, 6) is -0.585. The molecule has 1 aliphatic rings. The minimum Gasteiger partial charge on any atom is -0.398 e. The van der Waals surface area contributed by atoms with Crippen molar-refractivity contribution in [2.24, 2.45) is 0 Å². The first-order valence-electron chi connectivity index (χ1n) is 7.14. The van der Waals surface area contributed by atoms with Crippen molar-refractivity contribution in [2.75, 3.05) is 38.5 Å². The summed E-state index contributed by atoms with van der Waals surface area (Å²) >= 11 is 0. The Labute approximate surface area is 125 Å². The van der Waals surface area contributed by atoms with Crippen LogP contribution in [0.4, 0.5) is 10.1 Å². The van der Waals surface area contributed by atoms with Crippen LogP contribution in [0.1, 0.15) is 18.9 Å². The molecule has 0 amide bonds. The maximum Gasteiger partial charge on any atom is 0.243 e. The Bertz CT molecular complexity index is 588. The van der Waals surface area contributed by atoms with Crippen molar-refractivity contribution < 1.29 is 12.8 Å². The van der Waals surface area contributed by atoms with Gasteiger partial charge in [0.2, 0.25) is 10.0 Å². The lowest BCUT2D eigenvalue weighted by molar-refractivity contribution is 0.188. The highest BCUT2D eigenvalue weighted by Gasteiger charge is 2.29. The Morgan fingerprint density at radius 3 is 2.38 bits per heavy atom. The van der Waals surface area contributed by atoms with Crippen LogP contribution in [0.25, 0.3) is 0 Å². The first kappa shape index (κ1) is 16.2. The number of anilines is 1. The summed E-state index contributed by atoms with van der Waals surface area (Å²) in [5, 5.41) is 0. The first-order valence-corrected chi connectivity index (χ1v) is 8.58. The lowest BCUT2D eigenvalue weighted by atomic mass is 10.2. The second kappa shape index (κ2) is 6.29. The quantitative estimate of drug-likeness (QED) is 0.854. The predicted molar refractivity (Wildman–Crippen MR) is 81.0 cm³/mol. The third-order valence-electron chi connectivity index (χ3n) is 3.87. The Balaban J connectivity index is 2.20. The van der Waals surface area contributed by atoms with Gasteiger partial charge in [0.1, 0.15) is 5.82 Å². The fraction of sp³-hybridized carbons (Fsp3) is 0.571. The van der Waals surface area contributed by atoms with Gasteiger partial charge in [-0.05, 0) is 32.0 Å². The average Bonchev–Trinajstić information content (AvgIpc) is 2.45. The molecule has 1 heterocycles. The van der Waals surface area contributed by atoms with Gasteiger partial charge in [0.25, 0.3) is 0 Å². The third kappa shape index (κ3) is 3.36. The van der Waals surface area contributed by atoms with Gasteiger partial charge in [-0.1, -0.05) is 6.92 Å². The van der Waals surface area contributed by atoms with Crippen molar-refractivity contribution in [3.63, 3.8) is 0 Å². The highest BCUT2D eigenvalue weighted by Crippen LogP contribution is 2.24. The summed E-state index contributed by atoms with van der Waals surface area (Å²) in [6.07, 6.45) is 1.05. The molecule has 2 N–H and O–H groups in total. The first-order chi connectivity index (χ1) is 9.86. The van der Waals surface area contributed by atoms with E-state index in [1.165, 1.54) is 17.3 Å². The molecule has 0 aromatic heterocycles. The normalized spacial score (nSPS) is 18.0. The van der Waals surface area contributed by atoms with Crippen LogP contribution in [0.3, 0.4) is 0 Å². The number of hydrogen-bond donors (Lipinski definition) is 1. The Kier molecular flexibility index (Phi) is 4.85. The standard InChI is InChI=1S/C14H22FN3O2S/c1-3-4-17-5-7-18(8-6-17)21(19,20)12-9-13(15)11(2)14(16)10-12/h9-10H,3-8,16H2,1-2H3. The SMILES string of the molecule is CCCN1CCN(S(=O)(=O)c2cc(N)c(C)c(F)c2)CC1. The van der Waals surface area contributed by atoms with Crippen molar-refractivity contribution >= 4 is 15.7 Å². The molecule has 1 saturated heterocycles. The van der Waals surface area contributed by atoms with Crippen LogP contribution in [-0.2, 0) is 10.0 Å². The lowest BCUT2D eigenvalue weighted by Crippen LogP contribution is -2.48. The van der Waals surface area contributed by atoms with Crippen LogP contribution in [0.15, 0.2) is 17.0 Å². The molecule has 0 unspecified atom stereocenters. The van der Waals surface area contributed by atoms with Crippen LogP contribution < -0.4 is 5.73 Å². The van der Waals surface area contributed by atoms with E-state index in [1.807, 2.05) is 0 Å². The summed E-state index contributed by atoms with van der Waals surface area (Å²) in [5.41, 5.74) is 6.12. The third-order valence-corrected chi connectivity index (χ3v) is 5.74. The molecule has 0 saturated carbocycles. The summed E-state index contributed by atoms with van der Waals surface area (Å²) in [6.45, 7) is 6.87. The molecule has 0 atom stereocenters. The van der Waals surface area contributed by atoms with Crippen molar-refractivity contribution in [1.29, 1.82) is 0 Å². The molecular formula is C14H22FN3O2S. The molecule has 118 valence electrons. The van der Waals surface area contributed by atoms with Gasteiger partial charge in [0.15, 0.2) is 0 Å². The molecule has 21 heavy (non-hydrogen) atoms. The molecule has 1 fully saturated rings. The molecule has 1 aliphatic heterocycles. The summed E-state index contributed by atoms with van der Waals surface area (Å²) in [7, 11) is -3.68. The van der Waals surface area contributed by atoms with Crippen molar-refractivity contribution in [3.05, 3.63) is 23.5 Å². The second-order valence-corrected chi connectivity index (χ2v) is 7.30. The van der Waals surface area contributed by atoms with Gasteiger partial charge in [-0.3, -0.25) is 0 Å². The maximum atomic E-state index is 13.7. The monoisotopic (exact) mass is 315 g/mol. The van der Waals surface area contributed by atoms with Crippen molar-refractivity contribution in [2.45, 2.75) is 25.2 Å². The fourth-order valence-electron chi connectivity index (χ4n) is 2.48. The average molecular weight is 315 g/mol. The Hall–Kier alpha value is -1.18. The van der Waals surface area contributed by atoms with Gasteiger partial charge >= 0.3 is 0 Å². The lowest BCUT2D eigenvalue weighted by Gasteiger charge is -2.33. The zero-order chi connectivity index (χ0) is 15.6. The Morgan fingerprint density at radius 2 is 1.86 bits per heavy atom. The number of rotatable bonds is 4. The number of nitrogens with zero attached hydrogens (tertiary/aromatic N) is 2. The number of sulfonamides is 1. The number of nitrogen functional groups attached to an aromatic ring is 1. The zero-order valence-electron chi connectivity index (χ0n) is 12.5. The smallest absolute Gasteiger partial charge is 0.243 e. The van der Waals surface area contributed by atoms with Gasteiger partial charge in [0.05, 0.1) is 4.90 Å². The molecule has 1 aromatic carbocycles. The van der Waals surface area contributed by atoms with Crippen LogP contribution in [0.5, 0.6) is 0 Å². The Morgan fingerprint density at radius 1 is 1.24 bits per heavy atom. The number of halogens is 1. The van der Waals surface area contributed by atoms with Crippen LogP contribution in [0, 0.1) is 12.7 Å². The predicted octanol–water partition coefficient (Wildman–Crippen LogP) is 1.43. The van der Waals surface area contributed by atoms with E-state index in [9.17, 15) is 12.8 Å². The highest BCUT2D eigenvalue weighted by molar-refractivity contribution is 7.89. The second-order valence-electron chi connectivity index (χ2n) is 5.37. The van der Waals surface area contributed by atoms with E-state index in [2.05, 4.69) is 11.8 Å². The number of piperazine rings is 1. The van der Waals surface area contributed by atoms with Gasteiger partial charge in [-0.2, -0.15) is 4.31 Å². The largest absolute Gasteiger partial charge is 0.398 e. The topological polar surface area (TPSA) is 66.6 Å². The van der Waals surface area contributed by atoms with Crippen LogP contribution >= 0.6 is 0 Å². The van der Waals surface area contributed by atoms with E-state index >= 15 is 0 Å². The van der Waals surface area contributed by atoms with E-state index in [4.69, 9.17) is 5.73 Å². The summed E-state index contributed by atoms with van der Waals surface area (Å²) in [6, 6.07) is 2.39. The summed E-state index contributed by atoms with van der Waals surface area (Å²) in [4.78, 5) is 2.17. The van der Waals surface area contributed by atoms with E-state index in [0.29, 0.717) is 26.2 Å². The number of hydrogen-bond acceptors (Lipinski definition) is 4. The highest BCUT2D eigenvalue weighted by atomic mass is 32.2. The minimum atomic E-state index is -3.68. The molecule has 5 nitrogen and oxygen atoms in total. The molecule has 0 bridgehead atoms. The van der Waals surface area contributed by atoms with Gasteiger partial charge in [-0.15, -0.1) is 0 Å². The van der Waals surface area contributed by atoms with Crippen LogP contribution in [-0.4, -0.2) is 50.3 Å². The van der Waals surface area contributed by atoms with E-state index in [1.54, 1.807) is 0 Å². The van der Waals surface area contributed by atoms with Gasteiger partial charge in [-0.25, -0.2) is 12.8 Å². The molecule has 0 radical (unpaired) electrons. The van der Waals surface area contributed by atoms with E-state index < -0.39 is 15.8 Å². The molecule has 1 aromatic rings. The molecule has 0 spiro atoms. The number of nitrogens with two attached hydrogens (primary N) is 1. The molecular weight excluding hydrogens is 293 g/mol. The minimum absolute atomic E-state index is 0.0629.